The molecule has 1 unspecified atom stereocenters. The molecule has 1 aromatic carbocycles. The molecule has 15 heavy (non-hydrogen) atoms. The smallest absolute Gasteiger partial charge is 0.345 e. The molecule has 1 atom stereocenters. The summed E-state index contributed by atoms with van der Waals surface area (Å²) in [5.74, 6) is -0.686. The van der Waals surface area contributed by atoms with E-state index in [-0.39, 0.29) is 6.61 Å². The largest absolute Gasteiger partial charge is 0.467 e. The summed E-state index contributed by atoms with van der Waals surface area (Å²) in [5, 5.41) is 10.2. The summed E-state index contributed by atoms with van der Waals surface area (Å²) in [6, 6.07) is 7.15. The fourth-order valence-electron chi connectivity index (χ4n) is 1.77. The normalized spacial score (nSPS) is 24.4. The van der Waals surface area contributed by atoms with Crippen molar-refractivity contribution in [3.05, 3.63) is 35.4 Å². The first kappa shape index (κ1) is 10.1. The Labute approximate surface area is 87.4 Å². The molecule has 1 aromatic rings. The average Bonchev–Trinajstić information content (AvgIpc) is 2.28. The van der Waals surface area contributed by atoms with E-state index in [9.17, 15) is 9.90 Å². The molecule has 0 aromatic heterocycles. The van der Waals surface area contributed by atoms with E-state index < -0.39 is 11.6 Å². The zero-order chi connectivity index (χ0) is 10.9. The van der Waals surface area contributed by atoms with Crippen LogP contribution >= 0.6 is 0 Å². The van der Waals surface area contributed by atoms with E-state index in [2.05, 4.69) is 4.74 Å². The van der Waals surface area contributed by atoms with Gasteiger partial charge in [0.25, 0.3) is 0 Å². The minimum absolute atomic E-state index is 0.0588. The number of methoxy groups -OCH3 is 1. The van der Waals surface area contributed by atoms with Gasteiger partial charge in [0, 0.05) is 5.56 Å². The van der Waals surface area contributed by atoms with Crippen molar-refractivity contribution in [1.29, 1.82) is 0 Å². The highest BCUT2D eigenvalue weighted by atomic mass is 16.6. The van der Waals surface area contributed by atoms with Crippen molar-refractivity contribution >= 4 is 5.97 Å². The number of rotatable bonds is 1. The molecule has 0 bridgehead atoms. The summed E-state index contributed by atoms with van der Waals surface area (Å²) in [4.78, 5) is 11.5. The molecule has 0 amide bonds. The van der Waals surface area contributed by atoms with Crippen molar-refractivity contribution in [3.63, 3.8) is 0 Å². The molecular weight excluding hydrogens is 196 g/mol. The van der Waals surface area contributed by atoms with Crippen molar-refractivity contribution in [2.24, 2.45) is 0 Å². The molecule has 4 nitrogen and oxygen atoms in total. The lowest BCUT2D eigenvalue weighted by Gasteiger charge is -2.31. The van der Waals surface area contributed by atoms with Gasteiger partial charge in [0.1, 0.15) is 0 Å². The number of ether oxygens (including phenoxy) is 2. The zero-order valence-electron chi connectivity index (χ0n) is 8.40. The third-order valence-electron chi connectivity index (χ3n) is 2.55. The molecule has 0 spiro atoms. The van der Waals surface area contributed by atoms with Gasteiger partial charge in [0.2, 0.25) is 5.60 Å². The third kappa shape index (κ3) is 1.52. The molecule has 0 radical (unpaired) electrons. The second-order valence-corrected chi connectivity index (χ2v) is 3.50. The minimum atomic E-state index is -1.66. The number of fused-ring (bicyclic) bond motifs is 1. The Kier molecular flexibility index (Phi) is 2.46. The van der Waals surface area contributed by atoms with E-state index in [1.54, 1.807) is 12.1 Å². The molecule has 0 saturated heterocycles. The molecular formula is C11H12O4. The van der Waals surface area contributed by atoms with E-state index in [0.29, 0.717) is 12.2 Å². The van der Waals surface area contributed by atoms with Gasteiger partial charge in [-0.05, 0) is 5.56 Å². The Hall–Kier alpha value is -1.39. The maximum atomic E-state index is 11.5. The number of benzene rings is 1. The van der Waals surface area contributed by atoms with Gasteiger partial charge < -0.3 is 14.6 Å². The SMILES string of the molecule is COC(=O)C1(O)COCc2ccccc21. The Morgan fingerprint density at radius 2 is 2.27 bits per heavy atom. The summed E-state index contributed by atoms with van der Waals surface area (Å²) in [6.07, 6.45) is 0. The van der Waals surface area contributed by atoms with E-state index in [1.807, 2.05) is 12.1 Å². The first-order valence-electron chi connectivity index (χ1n) is 4.65. The molecule has 4 heteroatoms. The topological polar surface area (TPSA) is 55.8 Å². The number of esters is 1. The lowest BCUT2D eigenvalue weighted by atomic mass is 9.89. The van der Waals surface area contributed by atoms with Gasteiger partial charge in [0.15, 0.2) is 0 Å². The monoisotopic (exact) mass is 208 g/mol. The van der Waals surface area contributed by atoms with Crippen LogP contribution in [0.2, 0.25) is 0 Å². The van der Waals surface area contributed by atoms with Crippen LogP contribution in [-0.2, 0) is 26.5 Å². The Morgan fingerprint density at radius 3 is 3.00 bits per heavy atom. The molecule has 1 aliphatic heterocycles. The quantitative estimate of drug-likeness (QED) is 0.686. The zero-order valence-corrected chi connectivity index (χ0v) is 8.40. The van der Waals surface area contributed by atoms with E-state index >= 15 is 0 Å². The van der Waals surface area contributed by atoms with Crippen LogP contribution in [0, 0.1) is 0 Å². The van der Waals surface area contributed by atoms with Crippen LogP contribution in [0.3, 0.4) is 0 Å². The van der Waals surface area contributed by atoms with E-state index in [0.717, 1.165) is 5.56 Å². The molecule has 0 fully saturated rings. The van der Waals surface area contributed by atoms with Gasteiger partial charge in [-0.1, -0.05) is 24.3 Å². The predicted octanol–water partition coefficient (Wildman–Crippen LogP) is 0.577. The Bertz CT molecular complexity index is 388. The number of hydrogen-bond acceptors (Lipinski definition) is 4. The highest BCUT2D eigenvalue weighted by Gasteiger charge is 2.43. The van der Waals surface area contributed by atoms with Crippen LogP contribution in [-0.4, -0.2) is 24.8 Å². The van der Waals surface area contributed by atoms with Crippen molar-refractivity contribution in [1.82, 2.24) is 0 Å². The van der Waals surface area contributed by atoms with Crippen molar-refractivity contribution in [3.8, 4) is 0 Å². The molecule has 0 aliphatic carbocycles. The minimum Gasteiger partial charge on any atom is -0.467 e. The fourth-order valence-corrected chi connectivity index (χ4v) is 1.77. The highest BCUT2D eigenvalue weighted by molar-refractivity contribution is 5.82. The van der Waals surface area contributed by atoms with Crippen LogP contribution < -0.4 is 0 Å². The first-order valence-corrected chi connectivity index (χ1v) is 4.65. The van der Waals surface area contributed by atoms with Crippen LogP contribution in [0.5, 0.6) is 0 Å². The number of aliphatic hydroxyl groups is 1. The number of carbonyl (C=O) groups excluding carboxylic acids is 1. The standard InChI is InChI=1S/C11H12O4/c1-14-10(12)11(13)7-15-6-8-4-2-3-5-9(8)11/h2-5,13H,6-7H2,1H3. The Balaban J connectivity index is 2.49. The first-order chi connectivity index (χ1) is 7.18. The molecule has 2 rings (SSSR count). The van der Waals surface area contributed by atoms with Crippen LogP contribution in [0.25, 0.3) is 0 Å². The summed E-state index contributed by atoms with van der Waals surface area (Å²) in [7, 11) is 1.25. The van der Waals surface area contributed by atoms with Gasteiger partial charge in [-0.15, -0.1) is 0 Å². The Morgan fingerprint density at radius 1 is 1.53 bits per heavy atom. The van der Waals surface area contributed by atoms with Crippen LogP contribution in [0.15, 0.2) is 24.3 Å². The highest BCUT2D eigenvalue weighted by Crippen LogP contribution is 2.31. The van der Waals surface area contributed by atoms with Crippen molar-refractivity contribution in [2.45, 2.75) is 12.2 Å². The molecule has 1 heterocycles. The van der Waals surface area contributed by atoms with Gasteiger partial charge in [0.05, 0.1) is 20.3 Å². The maximum absolute atomic E-state index is 11.5. The molecule has 80 valence electrons. The summed E-state index contributed by atoms with van der Waals surface area (Å²) >= 11 is 0. The van der Waals surface area contributed by atoms with E-state index in [1.165, 1.54) is 7.11 Å². The molecule has 1 aliphatic rings. The predicted molar refractivity (Wildman–Crippen MR) is 52.0 cm³/mol. The van der Waals surface area contributed by atoms with Gasteiger partial charge >= 0.3 is 5.97 Å². The lowest BCUT2D eigenvalue weighted by molar-refractivity contribution is -0.174. The fraction of sp³-hybridized carbons (Fsp3) is 0.364. The van der Waals surface area contributed by atoms with Crippen LogP contribution in [0.1, 0.15) is 11.1 Å². The van der Waals surface area contributed by atoms with Crippen LogP contribution in [0.4, 0.5) is 0 Å². The van der Waals surface area contributed by atoms with Gasteiger partial charge in [-0.2, -0.15) is 0 Å². The van der Waals surface area contributed by atoms with Gasteiger partial charge in [-0.25, -0.2) is 4.79 Å². The molecule has 0 saturated carbocycles. The van der Waals surface area contributed by atoms with E-state index in [4.69, 9.17) is 4.74 Å². The second kappa shape index (κ2) is 3.64. The lowest BCUT2D eigenvalue weighted by Crippen LogP contribution is -2.44. The summed E-state index contributed by atoms with van der Waals surface area (Å²) in [5.41, 5.74) is -0.274. The van der Waals surface area contributed by atoms with Crippen molar-refractivity contribution < 1.29 is 19.4 Å². The van der Waals surface area contributed by atoms with Gasteiger partial charge in [-0.3, -0.25) is 0 Å². The summed E-state index contributed by atoms with van der Waals surface area (Å²) in [6.45, 7) is 0.353. The third-order valence-corrected chi connectivity index (χ3v) is 2.55. The number of carbonyl (C=O) groups is 1. The summed E-state index contributed by atoms with van der Waals surface area (Å²) < 4.78 is 9.76. The second-order valence-electron chi connectivity index (χ2n) is 3.50. The average molecular weight is 208 g/mol. The van der Waals surface area contributed by atoms with Crippen molar-refractivity contribution in [2.75, 3.05) is 13.7 Å². The molecule has 1 N–H and O–H groups in total. The number of hydrogen-bond donors (Lipinski definition) is 1. The maximum Gasteiger partial charge on any atom is 0.345 e.